The molecule has 118 valence electrons. The minimum absolute atomic E-state index is 0.0470. The number of H-pyrrole nitrogens is 2. The summed E-state index contributed by atoms with van der Waals surface area (Å²) in [5, 5.41) is 6.57. The number of rotatable bonds is 5. The van der Waals surface area contributed by atoms with Crippen molar-refractivity contribution >= 4 is 29.1 Å². The molecule has 22 heavy (non-hydrogen) atoms. The number of likely N-dealkylation sites (N-methyl/N-ethyl adjacent to an activating group) is 1. The van der Waals surface area contributed by atoms with Crippen LogP contribution in [-0.2, 0) is 0 Å². The topological polar surface area (TPSA) is 91.1 Å². The van der Waals surface area contributed by atoms with E-state index in [9.17, 15) is 9.59 Å². The molecule has 1 aromatic heterocycles. The predicted octanol–water partition coefficient (Wildman–Crippen LogP) is 1.94. The zero-order valence-electron chi connectivity index (χ0n) is 11.9. The zero-order chi connectivity index (χ0) is 16.3. The van der Waals surface area contributed by atoms with Crippen LogP contribution < -0.4 is 10.4 Å². The Morgan fingerprint density at radius 2 is 2.14 bits per heavy atom. The van der Waals surface area contributed by atoms with Gasteiger partial charge < -0.3 is 9.64 Å². The lowest BCUT2D eigenvalue weighted by atomic mass is 10.3. The highest BCUT2D eigenvalue weighted by Crippen LogP contribution is 2.26. The van der Waals surface area contributed by atoms with Crippen LogP contribution in [0.3, 0.4) is 0 Å². The van der Waals surface area contributed by atoms with Gasteiger partial charge in [-0.3, -0.25) is 9.78 Å². The van der Waals surface area contributed by atoms with Crippen LogP contribution in [0.5, 0.6) is 5.75 Å². The standard InChI is InChI=1S/C13H14Cl2N4O3/c1-7(22-8-3-4-9(14)10(15)5-8)6-19(2)12(20)11-16-13(21)18-17-11/h3-5,7H,6H2,1-2H3,(H2,16,17,18,21)/t7-/m0/s1. The summed E-state index contributed by atoms with van der Waals surface area (Å²) in [6, 6.07) is 4.93. The van der Waals surface area contributed by atoms with Crippen LogP contribution in [0.15, 0.2) is 23.0 Å². The molecule has 2 N–H and O–H groups in total. The molecule has 1 atom stereocenters. The van der Waals surface area contributed by atoms with Crippen LogP contribution >= 0.6 is 23.2 Å². The Kier molecular flexibility index (Phi) is 5.10. The van der Waals surface area contributed by atoms with Crippen LogP contribution in [0.1, 0.15) is 17.5 Å². The van der Waals surface area contributed by atoms with Gasteiger partial charge in [-0.1, -0.05) is 23.2 Å². The van der Waals surface area contributed by atoms with E-state index in [1.165, 1.54) is 4.90 Å². The van der Waals surface area contributed by atoms with Gasteiger partial charge in [0.15, 0.2) is 0 Å². The van der Waals surface area contributed by atoms with Crippen molar-refractivity contribution in [1.29, 1.82) is 0 Å². The highest BCUT2D eigenvalue weighted by Gasteiger charge is 2.18. The molecule has 1 aromatic carbocycles. The lowest BCUT2D eigenvalue weighted by molar-refractivity contribution is 0.0715. The second kappa shape index (κ2) is 6.85. The molecule has 2 aromatic rings. The number of amides is 1. The van der Waals surface area contributed by atoms with E-state index < -0.39 is 11.6 Å². The van der Waals surface area contributed by atoms with Gasteiger partial charge in [-0.15, -0.1) is 5.10 Å². The molecule has 0 aliphatic heterocycles. The molecular weight excluding hydrogens is 331 g/mol. The van der Waals surface area contributed by atoms with E-state index >= 15 is 0 Å². The largest absolute Gasteiger partial charge is 0.489 e. The van der Waals surface area contributed by atoms with E-state index in [2.05, 4.69) is 15.2 Å². The zero-order valence-corrected chi connectivity index (χ0v) is 13.4. The van der Waals surface area contributed by atoms with Crippen molar-refractivity contribution in [2.45, 2.75) is 13.0 Å². The van der Waals surface area contributed by atoms with E-state index in [4.69, 9.17) is 27.9 Å². The van der Waals surface area contributed by atoms with Gasteiger partial charge in [-0.25, -0.2) is 9.89 Å². The third kappa shape index (κ3) is 4.02. The molecule has 0 spiro atoms. The summed E-state index contributed by atoms with van der Waals surface area (Å²) < 4.78 is 5.67. The summed E-state index contributed by atoms with van der Waals surface area (Å²) >= 11 is 11.7. The number of aromatic nitrogens is 3. The summed E-state index contributed by atoms with van der Waals surface area (Å²) in [7, 11) is 1.59. The van der Waals surface area contributed by atoms with Gasteiger partial charge in [0.2, 0.25) is 5.82 Å². The molecule has 9 heteroatoms. The lowest BCUT2D eigenvalue weighted by Crippen LogP contribution is -2.36. The number of hydrogen-bond donors (Lipinski definition) is 2. The Morgan fingerprint density at radius 3 is 2.73 bits per heavy atom. The summed E-state index contributed by atoms with van der Waals surface area (Å²) in [6.07, 6.45) is -0.295. The first kappa shape index (κ1) is 16.4. The molecular formula is C13H14Cl2N4O3. The molecule has 7 nitrogen and oxygen atoms in total. The summed E-state index contributed by atoms with van der Waals surface area (Å²) in [5.41, 5.74) is -0.531. The second-order valence-corrected chi connectivity index (χ2v) is 5.53. The maximum atomic E-state index is 12.0. The molecule has 0 fully saturated rings. The first-order chi connectivity index (χ1) is 10.4. The molecule has 2 rings (SSSR count). The number of carbonyl (C=O) groups is 1. The van der Waals surface area contributed by atoms with Crippen LogP contribution in [-0.4, -0.2) is 45.7 Å². The van der Waals surface area contributed by atoms with E-state index in [0.717, 1.165) is 0 Å². The molecule has 1 amide bonds. The SMILES string of the molecule is C[C@@H](CN(C)C(=O)c1n[nH]c(=O)[nH]1)Oc1ccc(Cl)c(Cl)c1. The maximum absolute atomic E-state index is 12.0. The number of hydrogen-bond acceptors (Lipinski definition) is 4. The first-order valence-corrected chi connectivity index (χ1v) is 7.14. The fraction of sp³-hybridized carbons (Fsp3) is 0.308. The minimum Gasteiger partial charge on any atom is -0.489 e. The number of nitrogens with one attached hydrogen (secondary N) is 2. The molecule has 0 aliphatic carbocycles. The molecule has 0 saturated heterocycles. The van der Waals surface area contributed by atoms with Crippen LogP contribution in [0.25, 0.3) is 0 Å². The molecule has 0 radical (unpaired) electrons. The number of halogens is 2. The third-order valence-corrected chi connectivity index (χ3v) is 3.55. The Morgan fingerprint density at radius 1 is 1.41 bits per heavy atom. The average molecular weight is 345 g/mol. The fourth-order valence-electron chi connectivity index (χ4n) is 1.84. The molecule has 1 heterocycles. The lowest BCUT2D eigenvalue weighted by Gasteiger charge is -2.21. The fourth-order valence-corrected chi connectivity index (χ4v) is 2.13. The number of ether oxygens (including phenoxy) is 1. The molecule has 0 saturated carbocycles. The van der Waals surface area contributed by atoms with Gasteiger partial charge >= 0.3 is 5.69 Å². The highest BCUT2D eigenvalue weighted by molar-refractivity contribution is 6.42. The second-order valence-electron chi connectivity index (χ2n) is 4.72. The Bertz CT molecular complexity index is 728. The van der Waals surface area contributed by atoms with Crippen LogP contribution in [0.2, 0.25) is 10.0 Å². The van der Waals surface area contributed by atoms with Crippen LogP contribution in [0, 0.1) is 0 Å². The normalized spacial score (nSPS) is 12.0. The van der Waals surface area contributed by atoms with Crippen molar-refractivity contribution < 1.29 is 9.53 Å². The minimum atomic E-state index is -0.531. The van der Waals surface area contributed by atoms with Gasteiger partial charge in [0.1, 0.15) is 11.9 Å². The maximum Gasteiger partial charge on any atom is 0.341 e. The van der Waals surface area contributed by atoms with Gasteiger partial charge in [0.05, 0.1) is 16.6 Å². The number of carbonyl (C=O) groups excluding carboxylic acids is 1. The van der Waals surface area contributed by atoms with E-state index in [0.29, 0.717) is 22.3 Å². The van der Waals surface area contributed by atoms with Gasteiger partial charge in [0.25, 0.3) is 5.91 Å². The Labute approximate surface area is 136 Å². The first-order valence-electron chi connectivity index (χ1n) is 6.38. The van der Waals surface area contributed by atoms with E-state index in [1.54, 1.807) is 32.2 Å². The van der Waals surface area contributed by atoms with Crippen molar-refractivity contribution in [1.82, 2.24) is 20.1 Å². The summed E-state index contributed by atoms with van der Waals surface area (Å²) in [6.45, 7) is 2.10. The van der Waals surface area contributed by atoms with Crippen molar-refractivity contribution in [3.63, 3.8) is 0 Å². The number of aromatic amines is 2. The van der Waals surface area contributed by atoms with Crippen molar-refractivity contribution in [3.8, 4) is 5.75 Å². The van der Waals surface area contributed by atoms with Crippen LogP contribution in [0.4, 0.5) is 0 Å². The highest BCUT2D eigenvalue weighted by atomic mass is 35.5. The smallest absolute Gasteiger partial charge is 0.341 e. The monoisotopic (exact) mass is 344 g/mol. The molecule has 0 bridgehead atoms. The average Bonchev–Trinajstić information content (AvgIpc) is 2.88. The quantitative estimate of drug-likeness (QED) is 0.866. The number of nitrogens with zero attached hydrogens (tertiary/aromatic N) is 2. The van der Waals surface area contributed by atoms with Gasteiger partial charge in [0, 0.05) is 13.1 Å². The van der Waals surface area contributed by atoms with Gasteiger partial charge in [-0.2, -0.15) is 0 Å². The summed E-state index contributed by atoms with van der Waals surface area (Å²) in [5.74, 6) is 0.0908. The van der Waals surface area contributed by atoms with Gasteiger partial charge in [-0.05, 0) is 19.1 Å². The summed E-state index contributed by atoms with van der Waals surface area (Å²) in [4.78, 5) is 26.7. The third-order valence-electron chi connectivity index (χ3n) is 2.81. The predicted molar refractivity (Wildman–Crippen MR) is 82.7 cm³/mol. The van der Waals surface area contributed by atoms with E-state index in [1.807, 2.05) is 0 Å². The Balaban J connectivity index is 1.96. The molecule has 0 unspecified atom stereocenters. The van der Waals surface area contributed by atoms with Crippen molar-refractivity contribution in [2.24, 2.45) is 0 Å². The van der Waals surface area contributed by atoms with E-state index in [-0.39, 0.29) is 11.9 Å². The van der Waals surface area contributed by atoms with Crippen molar-refractivity contribution in [3.05, 3.63) is 44.6 Å². The Hall–Kier alpha value is -1.99. The number of benzene rings is 1. The molecule has 0 aliphatic rings. The van der Waals surface area contributed by atoms with Crippen molar-refractivity contribution in [2.75, 3.05) is 13.6 Å².